The number of ether oxygens (including phenoxy) is 2. The Morgan fingerprint density at radius 1 is 1.32 bits per heavy atom. The second-order valence-corrected chi connectivity index (χ2v) is 10.00. The van der Waals surface area contributed by atoms with E-state index in [0.29, 0.717) is 23.1 Å². The zero-order valence-corrected chi connectivity index (χ0v) is 19.1. The fraction of sp³-hybridized carbons (Fsp3) is 0.611. The van der Waals surface area contributed by atoms with Crippen molar-refractivity contribution in [3.63, 3.8) is 0 Å². The van der Waals surface area contributed by atoms with Crippen LogP contribution in [-0.4, -0.2) is 74.9 Å². The van der Waals surface area contributed by atoms with Gasteiger partial charge in [0.05, 0.1) is 42.9 Å². The standard InChI is InChI=1S/C18H28ClN7O4S/c1-10(2)9-31(27,28)26-14-8-30-15-13(7-29-16(14)15)24-17-12(19)6-22-18(25-17)23-11(4-20)5-21-3/h4-6,10,13-16,20-21,26H,7-9H2,1-3H3,(H2,22,23,24,25)/b11-5+,20-4?. The first-order valence-electron chi connectivity index (χ1n) is 9.89. The van der Waals surface area contributed by atoms with Crippen molar-refractivity contribution in [2.45, 2.75) is 38.1 Å². The van der Waals surface area contributed by atoms with Crippen LogP contribution in [0.4, 0.5) is 11.8 Å². The molecule has 4 atom stereocenters. The fourth-order valence-electron chi connectivity index (χ4n) is 3.54. The van der Waals surface area contributed by atoms with Gasteiger partial charge in [0.2, 0.25) is 16.0 Å². The molecule has 13 heteroatoms. The number of hydrogen-bond acceptors (Lipinski definition) is 10. The third-order valence-electron chi connectivity index (χ3n) is 4.71. The number of sulfonamides is 1. The topological polar surface area (TPSA) is 150 Å². The summed E-state index contributed by atoms with van der Waals surface area (Å²) < 4.78 is 39.0. The summed E-state index contributed by atoms with van der Waals surface area (Å²) in [6.07, 6.45) is 3.42. The molecule has 5 N–H and O–H groups in total. The van der Waals surface area contributed by atoms with E-state index in [1.807, 2.05) is 13.8 Å². The minimum absolute atomic E-state index is 0.0216. The molecule has 0 saturated carbocycles. The molecule has 0 aromatic carbocycles. The van der Waals surface area contributed by atoms with Gasteiger partial charge < -0.3 is 30.8 Å². The quantitative estimate of drug-likeness (QED) is 0.310. The largest absolute Gasteiger partial charge is 0.392 e. The van der Waals surface area contributed by atoms with Crippen molar-refractivity contribution in [3.8, 4) is 0 Å². The maximum absolute atomic E-state index is 12.3. The number of hydrogen-bond donors (Lipinski definition) is 5. The molecule has 3 rings (SSSR count). The van der Waals surface area contributed by atoms with Gasteiger partial charge in [-0.1, -0.05) is 25.4 Å². The van der Waals surface area contributed by atoms with Crippen LogP contribution in [0.2, 0.25) is 5.02 Å². The van der Waals surface area contributed by atoms with E-state index in [1.165, 1.54) is 6.20 Å². The minimum atomic E-state index is -3.42. The molecule has 2 fully saturated rings. The Balaban J connectivity index is 1.66. The van der Waals surface area contributed by atoms with Crippen molar-refractivity contribution in [2.24, 2.45) is 5.92 Å². The Hall–Kier alpha value is -1.99. The van der Waals surface area contributed by atoms with Crippen molar-refractivity contribution < 1.29 is 17.9 Å². The lowest BCUT2D eigenvalue weighted by molar-refractivity contribution is 0.0690. The number of rotatable bonds is 10. The summed E-state index contributed by atoms with van der Waals surface area (Å²) in [4.78, 5) is 8.49. The van der Waals surface area contributed by atoms with Gasteiger partial charge in [0.15, 0.2) is 5.82 Å². The van der Waals surface area contributed by atoms with Crippen LogP contribution >= 0.6 is 11.6 Å². The minimum Gasteiger partial charge on any atom is -0.392 e. The van der Waals surface area contributed by atoms with Crippen LogP contribution in [-0.2, 0) is 19.5 Å². The van der Waals surface area contributed by atoms with E-state index in [-0.39, 0.29) is 36.4 Å². The molecule has 3 heterocycles. The van der Waals surface area contributed by atoms with E-state index in [0.717, 1.165) is 6.21 Å². The first-order valence-corrected chi connectivity index (χ1v) is 11.9. The Kier molecular flexibility index (Phi) is 7.70. The van der Waals surface area contributed by atoms with E-state index in [9.17, 15) is 8.42 Å². The molecular formula is C18H28ClN7O4S. The SMILES string of the molecule is CN/C=C(\C=N)Nc1ncc(Cl)c(NC2COC3C(NS(=O)(=O)CC(C)C)COC23)n1. The molecule has 0 aliphatic carbocycles. The van der Waals surface area contributed by atoms with E-state index in [4.69, 9.17) is 26.5 Å². The molecule has 0 spiro atoms. The summed E-state index contributed by atoms with van der Waals surface area (Å²) in [5.74, 6) is 0.719. The number of halogens is 1. The molecule has 11 nitrogen and oxygen atoms in total. The molecular weight excluding hydrogens is 446 g/mol. The molecule has 1 aromatic rings. The highest BCUT2D eigenvalue weighted by Crippen LogP contribution is 2.31. The number of nitrogens with one attached hydrogen (secondary N) is 5. The molecule has 0 amide bonds. The summed E-state index contributed by atoms with van der Waals surface area (Å²) in [5.41, 5.74) is 0.468. The fourth-order valence-corrected chi connectivity index (χ4v) is 5.33. The summed E-state index contributed by atoms with van der Waals surface area (Å²) in [5, 5.41) is 16.7. The first kappa shape index (κ1) is 23.7. The molecule has 2 aliphatic heterocycles. The van der Waals surface area contributed by atoms with Crippen LogP contribution < -0.4 is 20.7 Å². The summed E-state index contributed by atoms with van der Waals surface area (Å²) >= 11 is 6.25. The zero-order valence-electron chi connectivity index (χ0n) is 17.6. The number of anilines is 2. The van der Waals surface area contributed by atoms with Crippen molar-refractivity contribution in [1.29, 1.82) is 5.41 Å². The third kappa shape index (κ3) is 6.04. The van der Waals surface area contributed by atoms with Crippen molar-refractivity contribution >= 4 is 39.6 Å². The second kappa shape index (κ2) is 10.1. The monoisotopic (exact) mass is 473 g/mol. The average Bonchev–Trinajstić information content (AvgIpc) is 3.26. The number of allylic oxidation sites excluding steroid dienone is 1. The van der Waals surface area contributed by atoms with Gasteiger partial charge >= 0.3 is 0 Å². The van der Waals surface area contributed by atoms with Gasteiger partial charge in [-0.3, -0.25) is 0 Å². The molecule has 31 heavy (non-hydrogen) atoms. The van der Waals surface area contributed by atoms with E-state index in [1.54, 1.807) is 13.2 Å². The van der Waals surface area contributed by atoms with Crippen LogP contribution in [0.3, 0.4) is 0 Å². The molecule has 172 valence electrons. The summed E-state index contributed by atoms with van der Waals surface area (Å²) in [6, 6.07) is -0.708. The van der Waals surface area contributed by atoms with E-state index in [2.05, 4.69) is 30.6 Å². The maximum atomic E-state index is 12.3. The predicted molar refractivity (Wildman–Crippen MR) is 119 cm³/mol. The highest BCUT2D eigenvalue weighted by molar-refractivity contribution is 7.89. The predicted octanol–water partition coefficient (Wildman–Crippen LogP) is 0.774. The Labute approximate surface area is 186 Å². The van der Waals surface area contributed by atoms with Crippen molar-refractivity contribution in [1.82, 2.24) is 20.0 Å². The lowest BCUT2D eigenvalue weighted by atomic mass is 10.1. The maximum Gasteiger partial charge on any atom is 0.229 e. The van der Waals surface area contributed by atoms with Crippen LogP contribution in [0.1, 0.15) is 13.8 Å². The van der Waals surface area contributed by atoms with Gasteiger partial charge in [0.25, 0.3) is 0 Å². The van der Waals surface area contributed by atoms with Gasteiger partial charge in [-0.15, -0.1) is 0 Å². The normalized spacial score (nSPS) is 26.0. The van der Waals surface area contributed by atoms with Gasteiger partial charge in [-0.25, -0.2) is 18.1 Å². The van der Waals surface area contributed by atoms with Crippen LogP contribution in [0, 0.1) is 11.3 Å². The van der Waals surface area contributed by atoms with Crippen molar-refractivity contribution in [3.05, 3.63) is 23.1 Å². The molecule has 4 unspecified atom stereocenters. The lowest BCUT2D eigenvalue weighted by Crippen LogP contribution is -2.45. The van der Waals surface area contributed by atoms with Gasteiger partial charge in [-0.2, -0.15) is 4.98 Å². The number of fused-ring (bicyclic) bond motifs is 1. The number of aromatic nitrogens is 2. The van der Waals surface area contributed by atoms with Crippen LogP contribution in [0.5, 0.6) is 0 Å². The van der Waals surface area contributed by atoms with Gasteiger partial charge in [-0.05, 0) is 5.92 Å². The summed E-state index contributed by atoms with van der Waals surface area (Å²) in [6.45, 7) is 4.25. The number of nitrogens with zero attached hydrogens (tertiary/aromatic N) is 2. The molecule has 2 saturated heterocycles. The van der Waals surface area contributed by atoms with Crippen LogP contribution in [0.15, 0.2) is 18.1 Å². The van der Waals surface area contributed by atoms with Gasteiger partial charge in [0, 0.05) is 19.5 Å². The van der Waals surface area contributed by atoms with E-state index < -0.39 is 22.2 Å². The Morgan fingerprint density at radius 3 is 2.65 bits per heavy atom. The third-order valence-corrected chi connectivity index (χ3v) is 6.76. The van der Waals surface area contributed by atoms with Gasteiger partial charge in [0.1, 0.15) is 17.2 Å². The first-order chi connectivity index (χ1) is 14.7. The highest BCUT2D eigenvalue weighted by Gasteiger charge is 2.49. The Bertz CT molecular complexity index is 927. The van der Waals surface area contributed by atoms with Crippen molar-refractivity contribution in [2.75, 3.05) is 36.6 Å². The second-order valence-electron chi connectivity index (χ2n) is 7.79. The molecule has 1 aromatic heterocycles. The Morgan fingerprint density at radius 2 is 2.00 bits per heavy atom. The molecule has 0 radical (unpaired) electrons. The molecule has 2 aliphatic rings. The average molecular weight is 474 g/mol. The molecule has 0 bridgehead atoms. The van der Waals surface area contributed by atoms with E-state index >= 15 is 0 Å². The zero-order chi connectivity index (χ0) is 22.6. The summed E-state index contributed by atoms with van der Waals surface area (Å²) in [7, 11) is -1.70. The van der Waals surface area contributed by atoms with Crippen LogP contribution in [0.25, 0.3) is 0 Å². The lowest BCUT2D eigenvalue weighted by Gasteiger charge is -2.19. The highest BCUT2D eigenvalue weighted by atomic mass is 35.5. The smallest absolute Gasteiger partial charge is 0.229 e.